The second-order valence-corrected chi connectivity index (χ2v) is 13.9. The largest absolute Gasteiger partial charge is 0.244 e. The molecule has 0 radical (unpaired) electrons. The molecule has 0 spiro atoms. The van der Waals surface area contributed by atoms with Crippen LogP contribution in [-0.2, 0) is 18.4 Å². The zero-order valence-electron chi connectivity index (χ0n) is 29.0. The van der Waals surface area contributed by atoms with E-state index in [2.05, 4.69) is 109 Å². The minimum atomic E-state index is 0.0116. The fraction of sp³-hybridized carbons (Fsp3) is 0.643. The molecule has 0 bridgehead atoms. The van der Waals surface area contributed by atoms with Crippen LogP contribution in [0.3, 0.4) is 0 Å². The third-order valence-corrected chi connectivity index (χ3v) is 10.0. The molecule has 1 heterocycles. The SMILES string of the molecule is CCCCCCCCCCCCCCCCCC(n1cc[n+](CCCCCC)c1)C(C)(Cc1ccccc1)c1ccccc1. The zero-order valence-corrected chi connectivity index (χ0v) is 29.0. The molecule has 0 saturated carbocycles. The van der Waals surface area contributed by atoms with Gasteiger partial charge in [-0.25, -0.2) is 9.13 Å². The second-order valence-electron chi connectivity index (χ2n) is 13.9. The van der Waals surface area contributed by atoms with Gasteiger partial charge in [0.05, 0.1) is 6.54 Å². The van der Waals surface area contributed by atoms with Crippen LogP contribution in [-0.4, -0.2) is 4.57 Å². The van der Waals surface area contributed by atoms with Crippen molar-refractivity contribution >= 4 is 0 Å². The van der Waals surface area contributed by atoms with Gasteiger partial charge in [0.1, 0.15) is 18.4 Å². The Morgan fingerprint density at radius 1 is 0.591 bits per heavy atom. The Morgan fingerprint density at radius 3 is 1.61 bits per heavy atom. The standard InChI is InChI=1S/C42H67N2/c1-4-6-8-10-11-12-13-14-15-16-17-18-19-20-27-33-41(44-36-35-43(38-44)34-28-9-7-5-2)42(3,40-31-25-22-26-32-40)37-39-29-23-21-24-30-39/h21-26,29-32,35-36,38,41H,4-20,27-28,33-34,37H2,1-3H3/q+1. The summed E-state index contributed by atoms with van der Waals surface area (Å²) in [4.78, 5) is 0. The summed E-state index contributed by atoms with van der Waals surface area (Å²) in [6.45, 7) is 8.25. The highest BCUT2D eigenvalue weighted by Crippen LogP contribution is 2.41. The maximum Gasteiger partial charge on any atom is 0.244 e. The summed E-state index contributed by atoms with van der Waals surface area (Å²) in [5.41, 5.74) is 2.90. The van der Waals surface area contributed by atoms with E-state index in [0.29, 0.717) is 6.04 Å². The van der Waals surface area contributed by atoms with E-state index >= 15 is 0 Å². The molecule has 2 atom stereocenters. The quantitative estimate of drug-likeness (QED) is 0.0641. The van der Waals surface area contributed by atoms with Crippen LogP contribution in [0.1, 0.15) is 166 Å². The van der Waals surface area contributed by atoms with Crippen molar-refractivity contribution in [2.24, 2.45) is 0 Å². The van der Waals surface area contributed by atoms with Crippen LogP contribution in [0, 0.1) is 0 Å². The highest BCUT2D eigenvalue weighted by molar-refractivity contribution is 5.30. The van der Waals surface area contributed by atoms with Crippen LogP contribution in [0.5, 0.6) is 0 Å². The zero-order chi connectivity index (χ0) is 31.1. The van der Waals surface area contributed by atoms with Gasteiger partial charge in [-0.3, -0.25) is 0 Å². The first-order valence-electron chi connectivity index (χ1n) is 18.8. The number of nitrogens with zero attached hydrogens (tertiary/aromatic N) is 2. The van der Waals surface area contributed by atoms with Crippen LogP contribution in [0.15, 0.2) is 79.4 Å². The number of imidazole rings is 1. The number of hydrogen-bond acceptors (Lipinski definition) is 0. The molecule has 44 heavy (non-hydrogen) atoms. The van der Waals surface area contributed by atoms with E-state index in [1.165, 1.54) is 140 Å². The first-order valence-corrected chi connectivity index (χ1v) is 18.8. The number of aryl methyl sites for hydroxylation is 1. The maximum atomic E-state index is 2.57. The summed E-state index contributed by atoms with van der Waals surface area (Å²) in [7, 11) is 0. The van der Waals surface area contributed by atoms with E-state index in [-0.39, 0.29) is 5.41 Å². The highest BCUT2D eigenvalue weighted by atomic mass is 15.1. The molecule has 0 amide bonds. The van der Waals surface area contributed by atoms with Crippen molar-refractivity contribution in [3.63, 3.8) is 0 Å². The van der Waals surface area contributed by atoms with Crippen molar-refractivity contribution in [2.45, 2.75) is 174 Å². The molecule has 0 aliphatic carbocycles. The number of benzene rings is 2. The third-order valence-electron chi connectivity index (χ3n) is 10.0. The Balaban J connectivity index is 1.55. The van der Waals surface area contributed by atoms with Gasteiger partial charge in [-0.05, 0) is 43.2 Å². The molecule has 3 aromatic rings. The number of aromatic nitrogens is 2. The van der Waals surface area contributed by atoms with Crippen molar-refractivity contribution < 1.29 is 4.57 Å². The predicted molar refractivity (Wildman–Crippen MR) is 191 cm³/mol. The van der Waals surface area contributed by atoms with E-state index < -0.39 is 0 Å². The summed E-state index contributed by atoms with van der Waals surface area (Å²) in [6.07, 6.45) is 35.8. The molecule has 2 heteroatoms. The van der Waals surface area contributed by atoms with E-state index in [1.54, 1.807) is 0 Å². The van der Waals surface area contributed by atoms with Crippen molar-refractivity contribution in [3.05, 3.63) is 90.5 Å². The fourth-order valence-corrected chi connectivity index (χ4v) is 7.21. The van der Waals surface area contributed by atoms with E-state index in [9.17, 15) is 0 Å². The molecular weight excluding hydrogens is 532 g/mol. The smallest absolute Gasteiger partial charge is 0.237 e. The molecular formula is C42H67N2+. The normalized spacial score (nSPS) is 13.6. The molecule has 0 fully saturated rings. The number of rotatable bonds is 26. The van der Waals surface area contributed by atoms with Gasteiger partial charge in [0.25, 0.3) is 0 Å². The Hall–Kier alpha value is -2.35. The first-order chi connectivity index (χ1) is 21.7. The highest BCUT2D eigenvalue weighted by Gasteiger charge is 2.40. The van der Waals surface area contributed by atoms with Gasteiger partial charge in [0, 0.05) is 5.41 Å². The fourth-order valence-electron chi connectivity index (χ4n) is 7.21. The molecule has 2 unspecified atom stereocenters. The van der Waals surface area contributed by atoms with Gasteiger partial charge in [-0.2, -0.15) is 0 Å². The average molecular weight is 600 g/mol. The summed E-state index contributed by atoms with van der Waals surface area (Å²) in [6, 6.07) is 22.9. The minimum Gasteiger partial charge on any atom is -0.237 e. The van der Waals surface area contributed by atoms with E-state index in [0.717, 1.165) is 13.0 Å². The first kappa shape index (κ1) is 36.1. The monoisotopic (exact) mass is 600 g/mol. The Kier molecular flexibility index (Phi) is 18.2. The van der Waals surface area contributed by atoms with Crippen LogP contribution < -0.4 is 4.57 Å². The minimum absolute atomic E-state index is 0.0116. The molecule has 1 aromatic heterocycles. The van der Waals surface area contributed by atoms with Gasteiger partial charge in [-0.15, -0.1) is 0 Å². The predicted octanol–water partition coefficient (Wildman–Crippen LogP) is 12.4. The molecule has 0 N–H and O–H groups in total. The Labute approximate surface area is 272 Å². The van der Waals surface area contributed by atoms with Crippen molar-refractivity contribution in [1.82, 2.24) is 4.57 Å². The van der Waals surface area contributed by atoms with Gasteiger partial charge < -0.3 is 0 Å². The van der Waals surface area contributed by atoms with Crippen molar-refractivity contribution in [1.29, 1.82) is 0 Å². The van der Waals surface area contributed by atoms with E-state index in [4.69, 9.17) is 0 Å². The molecule has 244 valence electrons. The van der Waals surface area contributed by atoms with Crippen molar-refractivity contribution in [3.8, 4) is 0 Å². The summed E-state index contributed by atoms with van der Waals surface area (Å²) in [5, 5.41) is 0. The Morgan fingerprint density at radius 2 is 1.07 bits per heavy atom. The van der Waals surface area contributed by atoms with Crippen LogP contribution >= 0.6 is 0 Å². The van der Waals surface area contributed by atoms with Crippen LogP contribution in [0.4, 0.5) is 0 Å². The molecule has 3 rings (SSSR count). The van der Waals surface area contributed by atoms with Gasteiger partial charge in [0.2, 0.25) is 6.33 Å². The lowest BCUT2D eigenvalue weighted by Gasteiger charge is -2.37. The molecule has 0 aliphatic rings. The third kappa shape index (κ3) is 13.3. The molecule has 0 aliphatic heterocycles. The topological polar surface area (TPSA) is 8.81 Å². The summed E-state index contributed by atoms with van der Waals surface area (Å²) < 4.78 is 5.00. The maximum absolute atomic E-state index is 2.57. The summed E-state index contributed by atoms with van der Waals surface area (Å²) >= 11 is 0. The van der Waals surface area contributed by atoms with Crippen LogP contribution in [0.25, 0.3) is 0 Å². The summed E-state index contributed by atoms with van der Waals surface area (Å²) in [5.74, 6) is 0. The van der Waals surface area contributed by atoms with Crippen LogP contribution in [0.2, 0.25) is 0 Å². The Bertz CT molecular complexity index is 1070. The second kappa shape index (κ2) is 22.2. The van der Waals surface area contributed by atoms with Gasteiger partial charge >= 0.3 is 0 Å². The van der Waals surface area contributed by atoms with E-state index in [1.807, 2.05) is 0 Å². The van der Waals surface area contributed by atoms with Gasteiger partial charge in [0.15, 0.2) is 0 Å². The van der Waals surface area contributed by atoms with Crippen molar-refractivity contribution in [2.75, 3.05) is 0 Å². The molecule has 0 saturated heterocycles. The average Bonchev–Trinajstić information content (AvgIpc) is 3.52. The molecule has 2 nitrogen and oxygen atoms in total. The lowest BCUT2D eigenvalue weighted by atomic mass is 9.70. The van der Waals surface area contributed by atoms with Gasteiger partial charge in [-0.1, -0.05) is 184 Å². The number of hydrogen-bond donors (Lipinski definition) is 0. The lowest BCUT2D eigenvalue weighted by Crippen LogP contribution is -2.38. The lowest BCUT2D eigenvalue weighted by molar-refractivity contribution is -0.697. The molecule has 2 aromatic carbocycles. The number of unbranched alkanes of at least 4 members (excludes halogenated alkanes) is 17.